The van der Waals surface area contributed by atoms with E-state index in [1.165, 1.54) is 4.90 Å². The monoisotopic (exact) mass is 471 g/mol. The summed E-state index contributed by atoms with van der Waals surface area (Å²) in [5.74, 6) is -0.0377. The summed E-state index contributed by atoms with van der Waals surface area (Å²) in [7, 11) is 1.57. The van der Waals surface area contributed by atoms with Crippen LogP contribution in [0.4, 0.5) is 5.69 Å². The Labute approximate surface area is 203 Å². The van der Waals surface area contributed by atoms with Crippen molar-refractivity contribution in [3.63, 3.8) is 0 Å². The molecule has 1 atom stereocenters. The molecular formula is C28H25NO6. The number of anilines is 1. The summed E-state index contributed by atoms with van der Waals surface area (Å²) in [6.07, 6.45) is 0. The summed E-state index contributed by atoms with van der Waals surface area (Å²) in [6.45, 7) is 4.70. The molecule has 1 N–H and O–H groups in total. The van der Waals surface area contributed by atoms with E-state index >= 15 is 0 Å². The molecule has 1 saturated heterocycles. The third-order valence-corrected chi connectivity index (χ3v) is 6.18. The molecule has 178 valence electrons. The number of benzene rings is 3. The standard InChI is InChI=1S/C28H25NO6/c1-16-12-17(2)14-20(13-16)29-25(18-4-7-21(33-3)8-5-18)24(27(31)28(29)32)26(30)19-6-9-22-23(15-19)35-11-10-34-22/h4-9,12-15,25,30H,10-11H2,1-3H3/b26-24-. The Balaban J connectivity index is 1.70. The Bertz CT molecular complexity index is 1340. The molecule has 0 bridgehead atoms. The summed E-state index contributed by atoms with van der Waals surface area (Å²) < 4.78 is 16.5. The van der Waals surface area contributed by atoms with E-state index < -0.39 is 17.7 Å². The summed E-state index contributed by atoms with van der Waals surface area (Å²) >= 11 is 0. The first kappa shape index (κ1) is 22.5. The van der Waals surface area contributed by atoms with E-state index in [0.717, 1.165) is 11.1 Å². The highest BCUT2D eigenvalue weighted by Gasteiger charge is 2.47. The van der Waals surface area contributed by atoms with Gasteiger partial charge in [0.05, 0.1) is 18.7 Å². The van der Waals surface area contributed by atoms with Gasteiger partial charge in [-0.3, -0.25) is 14.5 Å². The average Bonchev–Trinajstić information content (AvgIpc) is 3.13. The van der Waals surface area contributed by atoms with Crippen LogP contribution in [0.3, 0.4) is 0 Å². The van der Waals surface area contributed by atoms with Gasteiger partial charge in [-0.15, -0.1) is 0 Å². The Kier molecular flexibility index (Phi) is 5.68. The molecule has 7 heteroatoms. The van der Waals surface area contributed by atoms with E-state index in [9.17, 15) is 14.7 Å². The fourth-order valence-corrected chi connectivity index (χ4v) is 4.64. The predicted molar refractivity (Wildman–Crippen MR) is 131 cm³/mol. The highest BCUT2D eigenvalue weighted by atomic mass is 16.6. The number of hydrogen-bond donors (Lipinski definition) is 1. The minimum atomic E-state index is -0.824. The Morgan fingerprint density at radius 1 is 0.914 bits per heavy atom. The van der Waals surface area contributed by atoms with Gasteiger partial charge in [0.1, 0.15) is 24.7 Å². The first-order valence-corrected chi connectivity index (χ1v) is 11.3. The summed E-state index contributed by atoms with van der Waals surface area (Å²) in [5, 5.41) is 11.4. The van der Waals surface area contributed by atoms with Gasteiger partial charge in [0.25, 0.3) is 11.7 Å². The molecule has 0 radical (unpaired) electrons. The molecular weight excluding hydrogens is 446 g/mol. The van der Waals surface area contributed by atoms with Gasteiger partial charge in [-0.25, -0.2) is 0 Å². The molecule has 0 aromatic heterocycles. The lowest BCUT2D eigenvalue weighted by atomic mass is 9.94. The number of nitrogens with zero attached hydrogens (tertiary/aromatic N) is 1. The van der Waals surface area contributed by atoms with Crippen LogP contribution in [0.15, 0.2) is 66.2 Å². The average molecular weight is 472 g/mol. The van der Waals surface area contributed by atoms with Crippen molar-refractivity contribution in [3.05, 3.63) is 88.5 Å². The second-order valence-electron chi connectivity index (χ2n) is 8.65. The Morgan fingerprint density at radius 3 is 2.23 bits per heavy atom. The van der Waals surface area contributed by atoms with Crippen molar-refractivity contribution in [1.29, 1.82) is 0 Å². The van der Waals surface area contributed by atoms with Crippen LogP contribution in [-0.4, -0.2) is 37.1 Å². The van der Waals surface area contributed by atoms with E-state index in [2.05, 4.69) is 0 Å². The number of carbonyl (C=O) groups is 2. The van der Waals surface area contributed by atoms with Gasteiger partial charge in [0, 0.05) is 11.3 Å². The molecule has 1 amide bonds. The highest BCUT2D eigenvalue weighted by molar-refractivity contribution is 6.51. The summed E-state index contributed by atoms with van der Waals surface area (Å²) in [5.41, 5.74) is 3.56. The topological polar surface area (TPSA) is 85.3 Å². The van der Waals surface area contributed by atoms with Gasteiger partial charge in [-0.05, 0) is 73.0 Å². The molecule has 1 unspecified atom stereocenters. The largest absolute Gasteiger partial charge is 0.507 e. The SMILES string of the molecule is COc1ccc(C2/C(=C(/O)c3ccc4c(c3)OCCO4)C(=O)C(=O)N2c2cc(C)cc(C)c2)cc1. The zero-order valence-corrected chi connectivity index (χ0v) is 19.7. The molecule has 3 aromatic carbocycles. The first-order chi connectivity index (χ1) is 16.9. The number of rotatable bonds is 4. The molecule has 35 heavy (non-hydrogen) atoms. The van der Waals surface area contributed by atoms with Gasteiger partial charge >= 0.3 is 0 Å². The van der Waals surface area contributed by atoms with Crippen LogP contribution < -0.4 is 19.1 Å². The van der Waals surface area contributed by atoms with Gasteiger partial charge in [0.15, 0.2) is 11.5 Å². The molecule has 5 rings (SSSR count). The van der Waals surface area contributed by atoms with Crippen LogP contribution in [0.1, 0.15) is 28.3 Å². The lowest BCUT2D eigenvalue weighted by Crippen LogP contribution is -2.29. The van der Waals surface area contributed by atoms with Crippen molar-refractivity contribution >= 4 is 23.1 Å². The summed E-state index contributed by atoms with van der Waals surface area (Å²) in [4.78, 5) is 28.2. The molecule has 1 fully saturated rings. The number of aliphatic hydroxyl groups excluding tert-OH is 1. The number of amides is 1. The van der Waals surface area contributed by atoms with E-state index in [4.69, 9.17) is 14.2 Å². The third-order valence-electron chi connectivity index (χ3n) is 6.18. The molecule has 2 aliphatic heterocycles. The molecule has 2 aliphatic rings. The van der Waals surface area contributed by atoms with Gasteiger partial charge in [-0.2, -0.15) is 0 Å². The molecule has 0 spiro atoms. The maximum Gasteiger partial charge on any atom is 0.300 e. The lowest BCUT2D eigenvalue weighted by Gasteiger charge is -2.26. The third kappa shape index (κ3) is 3.99. The molecule has 2 heterocycles. The number of Topliss-reactive ketones (excluding diaryl/α,β-unsaturated/α-hetero) is 1. The number of hydrogen-bond acceptors (Lipinski definition) is 6. The number of ketones is 1. The van der Waals surface area contributed by atoms with Crippen molar-refractivity contribution in [2.24, 2.45) is 0 Å². The van der Waals surface area contributed by atoms with Crippen molar-refractivity contribution in [2.45, 2.75) is 19.9 Å². The summed E-state index contributed by atoms with van der Waals surface area (Å²) in [6, 6.07) is 17.0. The second kappa shape index (κ2) is 8.83. The van der Waals surface area contributed by atoms with Crippen LogP contribution in [0.2, 0.25) is 0 Å². The zero-order chi connectivity index (χ0) is 24.7. The smallest absolute Gasteiger partial charge is 0.300 e. The van der Waals surface area contributed by atoms with E-state index in [-0.39, 0.29) is 11.3 Å². The van der Waals surface area contributed by atoms with Crippen LogP contribution in [0, 0.1) is 13.8 Å². The molecule has 0 aliphatic carbocycles. The van der Waals surface area contributed by atoms with Crippen LogP contribution in [0.25, 0.3) is 5.76 Å². The number of aliphatic hydroxyl groups is 1. The fraction of sp³-hybridized carbons (Fsp3) is 0.214. The fourth-order valence-electron chi connectivity index (χ4n) is 4.64. The lowest BCUT2D eigenvalue weighted by molar-refractivity contribution is -0.132. The maximum absolute atomic E-state index is 13.4. The van der Waals surface area contributed by atoms with Crippen LogP contribution in [-0.2, 0) is 9.59 Å². The minimum Gasteiger partial charge on any atom is -0.507 e. The zero-order valence-electron chi connectivity index (χ0n) is 19.7. The van der Waals surface area contributed by atoms with Crippen molar-refractivity contribution in [2.75, 3.05) is 25.2 Å². The van der Waals surface area contributed by atoms with Gasteiger partial charge < -0.3 is 19.3 Å². The second-order valence-corrected chi connectivity index (χ2v) is 8.65. The Hall–Kier alpha value is -4.26. The van der Waals surface area contributed by atoms with Gasteiger partial charge in [-0.1, -0.05) is 18.2 Å². The van der Waals surface area contributed by atoms with Crippen molar-refractivity contribution in [3.8, 4) is 17.2 Å². The molecule has 3 aromatic rings. The van der Waals surface area contributed by atoms with E-state index in [1.807, 2.05) is 32.0 Å². The number of carbonyl (C=O) groups excluding carboxylic acids is 2. The maximum atomic E-state index is 13.4. The van der Waals surface area contributed by atoms with Crippen LogP contribution >= 0.6 is 0 Å². The normalized spacial score (nSPS) is 18.6. The van der Waals surface area contributed by atoms with Crippen LogP contribution in [0.5, 0.6) is 17.2 Å². The van der Waals surface area contributed by atoms with Gasteiger partial charge in [0.2, 0.25) is 0 Å². The predicted octanol–water partition coefficient (Wildman–Crippen LogP) is 4.71. The number of ether oxygens (including phenoxy) is 3. The molecule has 0 saturated carbocycles. The van der Waals surface area contributed by atoms with E-state index in [0.29, 0.717) is 47.3 Å². The Morgan fingerprint density at radius 2 is 1.57 bits per heavy atom. The minimum absolute atomic E-state index is 0.0102. The number of methoxy groups -OCH3 is 1. The highest BCUT2D eigenvalue weighted by Crippen LogP contribution is 2.43. The number of fused-ring (bicyclic) bond motifs is 1. The van der Waals surface area contributed by atoms with E-state index in [1.54, 1.807) is 49.6 Å². The van der Waals surface area contributed by atoms with Crippen molar-refractivity contribution < 1.29 is 28.9 Å². The quantitative estimate of drug-likeness (QED) is 0.337. The molecule has 7 nitrogen and oxygen atoms in total. The van der Waals surface area contributed by atoms with Crippen molar-refractivity contribution in [1.82, 2.24) is 0 Å². The number of aryl methyl sites for hydroxylation is 2. The first-order valence-electron chi connectivity index (χ1n) is 11.3.